The Kier molecular flexibility index (Phi) is 13.2. The number of hydrogen-bond acceptors (Lipinski definition) is 2. The van der Waals surface area contributed by atoms with Gasteiger partial charge in [0.15, 0.2) is 0 Å². The first-order valence-electron chi connectivity index (χ1n) is 10.3. The lowest BCUT2D eigenvalue weighted by molar-refractivity contribution is 0.145. The van der Waals surface area contributed by atoms with E-state index < -0.39 is 0 Å². The lowest BCUT2D eigenvalue weighted by Gasteiger charge is -2.37. The molecular weight excluding hydrogens is 268 g/mol. The quantitative estimate of drug-likeness (QED) is 0.386. The van der Waals surface area contributed by atoms with E-state index in [4.69, 9.17) is 0 Å². The summed E-state index contributed by atoms with van der Waals surface area (Å²) in [5.74, 6) is 2.19. The zero-order chi connectivity index (χ0) is 15.9. The molecule has 0 amide bonds. The van der Waals surface area contributed by atoms with Crippen LogP contribution in [-0.4, -0.2) is 26.2 Å². The standard InChI is InChI=1S/C20H42N2/c1-3-21-17-11-7-5-9-13-19-15-16-20(19)14-10-6-8-12-18-22-4-2/h19-22H,3-18H2,1-2H3. The van der Waals surface area contributed by atoms with Crippen molar-refractivity contribution in [3.05, 3.63) is 0 Å². The first kappa shape index (κ1) is 20.0. The molecule has 0 aromatic carbocycles. The maximum Gasteiger partial charge on any atom is -0.00490 e. The molecule has 2 atom stereocenters. The summed E-state index contributed by atoms with van der Waals surface area (Å²) in [6.45, 7) is 9.07. The first-order chi connectivity index (χ1) is 10.9. The van der Waals surface area contributed by atoms with Gasteiger partial charge in [0.1, 0.15) is 0 Å². The molecular formula is C20H42N2. The maximum absolute atomic E-state index is 3.42. The third-order valence-corrected chi connectivity index (χ3v) is 5.43. The van der Waals surface area contributed by atoms with Crippen molar-refractivity contribution < 1.29 is 0 Å². The van der Waals surface area contributed by atoms with Crippen molar-refractivity contribution in [2.45, 2.75) is 90.9 Å². The van der Waals surface area contributed by atoms with Crippen LogP contribution in [0.2, 0.25) is 0 Å². The Bertz CT molecular complexity index is 206. The SMILES string of the molecule is CCNCCCCCCC1CCC1CCCCCCNCC. The molecule has 0 bridgehead atoms. The van der Waals surface area contributed by atoms with E-state index in [1.54, 1.807) is 0 Å². The Hall–Kier alpha value is -0.0800. The molecule has 0 aromatic rings. The van der Waals surface area contributed by atoms with Crippen LogP contribution in [0.5, 0.6) is 0 Å². The number of rotatable bonds is 16. The van der Waals surface area contributed by atoms with Crippen LogP contribution < -0.4 is 10.6 Å². The van der Waals surface area contributed by atoms with E-state index in [9.17, 15) is 0 Å². The normalized spacial score (nSPS) is 21.0. The van der Waals surface area contributed by atoms with E-state index in [-0.39, 0.29) is 0 Å². The van der Waals surface area contributed by atoms with Gasteiger partial charge in [-0.15, -0.1) is 0 Å². The topological polar surface area (TPSA) is 24.1 Å². The Morgan fingerprint density at radius 2 is 1.00 bits per heavy atom. The third kappa shape index (κ3) is 9.84. The fourth-order valence-corrected chi connectivity index (χ4v) is 3.77. The summed E-state index contributed by atoms with van der Waals surface area (Å²) in [5, 5.41) is 6.84. The molecule has 0 aromatic heterocycles. The molecule has 2 heteroatoms. The highest BCUT2D eigenvalue weighted by Gasteiger charge is 2.29. The third-order valence-electron chi connectivity index (χ3n) is 5.43. The van der Waals surface area contributed by atoms with Crippen LogP contribution in [0.3, 0.4) is 0 Å². The van der Waals surface area contributed by atoms with Gasteiger partial charge in [-0.25, -0.2) is 0 Å². The molecule has 1 aliphatic rings. The molecule has 1 saturated carbocycles. The van der Waals surface area contributed by atoms with Crippen molar-refractivity contribution in [2.75, 3.05) is 26.2 Å². The minimum absolute atomic E-state index is 1.09. The minimum atomic E-state index is 1.09. The smallest absolute Gasteiger partial charge is 0.00490 e. The minimum Gasteiger partial charge on any atom is -0.317 e. The molecule has 1 rings (SSSR count). The van der Waals surface area contributed by atoms with E-state index in [2.05, 4.69) is 24.5 Å². The molecule has 0 saturated heterocycles. The van der Waals surface area contributed by atoms with Crippen LogP contribution in [0.25, 0.3) is 0 Å². The Morgan fingerprint density at radius 3 is 1.36 bits per heavy atom. The zero-order valence-corrected chi connectivity index (χ0v) is 15.5. The molecule has 0 spiro atoms. The van der Waals surface area contributed by atoms with Crippen molar-refractivity contribution in [1.29, 1.82) is 0 Å². The van der Waals surface area contributed by atoms with Gasteiger partial charge < -0.3 is 10.6 Å². The van der Waals surface area contributed by atoms with Crippen LogP contribution >= 0.6 is 0 Å². The zero-order valence-electron chi connectivity index (χ0n) is 15.5. The van der Waals surface area contributed by atoms with Crippen LogP contribution in [0.4, 0.5) is 0 Å². The summed E-state index contributed by atoms with van der Waals surface area (Å²) in [6, 6.07) is 0. The lowest BCUT2D eigenvalue weighted by atomic mass is 9.69. The van der Waals surface area contributed by atoms with Gasteiger partial charge in [0, 0.05) is 0 Å². The molecule has 1 fully saturated rings. The molecule has 132 valence electrons. The molecule has 0 radical (unpaired) electrons. The van der Waals surface area contributed by atoms with Crippen LogP contribution in [0.15, 0.2) is 0 Å². The van der Waals surface area contributed by atoms with E-state index in [1.807, 2.05) is 0 Å². The second-order valence-electron chi connectivity index (χ2n) is 7.21. The van der Waals surface area contributed by atoms with Gasteiger partial charge in [-0.3, -0.25) is 0 Å². The highest BCUT2D eigenvalue weighted by Crippen LogP contribution is 2.41. The molecule has 22 heavy (non-hydrogen) atoms. The van der Waals surface area contributed by atoms with Gasteiger partial charge in [-0.1, -0.05) is 65.2 Å². The summed E-state index contributed by atoms with van der Waals surface area (Å²) >= 11 is 0. The molecule has 1 aliphatic carbocycles. The fourth-order valence-electron chi connectivity index (χ4n) is 3.77. The summed E-state index contributed by atoms with van der Waals surface area (Å²) < 4.78 is 0. The highest BCUT2D eigenvalue weighted by atomic mass is 14.8. The van der Waals surface area contributed by atoms with Crippen molar-refractivity contribution in [3.63, 3.8) is 0 Å². The number of nitrogens with one attached hydrogen (secondary N) is 2. The second-order valence-corrected chi connectivity index (χ2v) is 7.21. The van der Waals surface area contributed by atoms with Crippen molar-refractivity contribution in [3.8, 4) is 0 Å². The van der Waals surface area contributed by atoms with Gasteiger partial charge >= 0.3 is 0 Å². The molecule has 0 heterocycles. The largest absolute Gasteiger partial charge is 0.317 e. The lowest BCUT2D eigenvalue weighted by Crippen LogP contribution is -2.25. The summed E-state index contributed by atoms with van der Waals surface area (Å²) in [7, 11) is 0. The maximum atomic E-state index is 3.42. The summed E-state index contributed by atoms with van der Waals surface area (Å²) in [6.07, 6.45) is 17.6. The van der Waals surface area contributed by atoms with Gasteiger partial charge in [0.05, 0.1) is 0 Å². The van der Waals surface area contributed by atoms with Gasteiger partial charge in [-0.2, -0.15) is 0 Å². The average molecular weight is 311 g/mol. The molecule has 2 nitrogen and oxygen atoms in total. The predicted molar refractivity (Wildman–Crippen MR) is 99.5 cm³/mol. The van der Waals surface area contributed by atoms with Crippen molar-refractivity contribution in [2.24, 2.45) is 11.8 Å². The first-order valence-corrected chi connectivity index (χ1v) is 10.3. The van der Waals surface area contributed by atoms with E-state index >= 15 is 0 Å². The van der Waals surface area contributed by atoms with Crippen LogP contribution in [0, 0.1) is 11.8 Å². The molecule has 2 unspecified atom stereocenters. The Balaban J connectivity index is 1.84. The Morgan fingerprint density at radius 1 is 0.591 bits per heavy atom. The van der Waals surface area contributed by atoms with Crippen molar-refractivity contribution in [1.82, 2.24) is 10.6 Å². The van der Waals surface area contributed by atoms with E-state index in [1.165, 1.54) is 90.1 Å². The average Bonchev–Trinajstić information content (AvgIpc) is 2.51. The molecule has 2 N–H and O–H groups in total. The van der Waals surface area contributed by atoms with E-state index in [0.717, 1.165) is 24.9 Å². The van der Waals surface area contributed by atoms with Gasteiger partial charge in [-0.05, 0) is 63.7 Å². The van der Waals surface area contributed by atoms with E-state index in [0.29, 0.717) is 0 Å². The Labute approximate surface area is 140 Å². The summed E-state index contributed by atoms with van der Waals surface area (Å²) in [4.78, 5) is 0. The fraction of sp³-hybridized carbons (Fsp3) is 1.00. The highest BCUT2D eigenvalue weighted by molar-refractivity contribution is 4.80. The van der Waals surface area contributed by atoms with Crippen LogP contribution in [-0.2, 0) is 0 Å². The van der Waals surface area contributed by atoms with Crippen molar-refractivity contribution >= 4 is 0 Å². The second kappa shape index (κ2) is 14.5. The predicted octanol–water partition coefficient (Wildman–Crippen LogP) is 5.13. The van der Waals surface area contributed by atoms with Crippen LogP contribution in [0.1, 0.15) is 90.9 Å². The van der Waals surface area contributed by atoms with Gasteiger partial charge in [0.25, 0.3) is 0 Å². The molecule has 0 aliphatic heterocycles. The van der Waals surface area contributed by atoms with Gasteiger partial charge in [0.2, 0.25) is 0 Å². The number of unbranched alkanes of at least 4 members (excludes halogenated alkanes) is 6. The monoisotopic (exact) mass is 310 g/mol. The summed E-state index contributed by atoms with van der Waals surface area (Å²) in [5.41, 5.74) is 0. The number of hydrogen-bond donors (Lipinski definition) is 2.